The van der Waals surface area contributed by atoms with E-state index in [1.54, 1.807) is 26.2 Å². The van der Waals surface area contributed by atoms with Crippen LogP contribution in [0.2, 0.25) is 0 Å². The predicted molar refractivity (Wildman–Crippen MR) is 60.6 cm³/mol. The van der Waals surface area contributed by atoms with Gasteiger partial charge >= 0.3 is 0 Å². The number of hydrogen-bond donors (Lipinski definition) is 1. The number of aldehydes is 1. The summed E-state index contributed by atoms with van der Waals surface area (Å²) >= 11 is 0. The van der Waals surface area contributed by atoms with Crippen LogP contribution in [0.15, 0.2) is 29.3 Å². The third-order valence-corrected chi connectivity index (χ3v) is 1.76. The Kier molecular flexibility index (Phi) is 5.56. The highest BCUT2D eigenvalue weighted by atomic mass is 35.5. The Morgan fingerprint density at radius 2 is 2.21 bits per heavy atom. The van der Waals surface area contributed by atoms with Gasteiger partial charge in [-0.25, -0.2) is 0 Å². The molecule has 0 spiro atoms. The molecule has 0 bridgehead atoms. The van der Waals surface area contributed by atoms with Gasteiger partial charge in [0.2, 0.25) is 0 Å². The first kappa shape index (κ1) is 12.7. The van der Waals surface area contributed by atoms with Gasteiger partial charge in [0, 0.05) is 25.2 Å². The first-order valence-corrected chi connectivity index (χ1v) is 4.02. The maximum Gasteiger partial charge on any atom is 0.150 e. The Morgan fingerprint density at radius 3 is 2.71 bits per heavy atom. The van der Waals surface area contributed by atoms with Crippen LogP contribution in [0.5, 0.6) is 0 Å². The lowest BCUT2D eigenvalue weighted by atomic mass is 10.1. The molecule has 1 aromatic carbocycles. The van der Waals surface area contributed by atoms with Crippen LogP contribution in [0.1, 0.15) is 15.9 Å². The van der Waals surface area contributed by atoms with Crippen LogP contribution in [0.3, 0.4) is 0 Å². The Hall–Kier alpha value is -1.35. The molecule has 1 aromatic rings. The molecule has 0 saturated heterocycles. The van der Waals surface area contributed by atoms with Crippen LogP contribution in [0.4, 0.5) is 0 Å². The zero-order valence-electron chi connectivity index (χ0n) is 8.15. The molecule has 0 unspecified atom stereocenters. The fourth-order valence-electron chi connectivity index (χ4n) is 1.14. The van der Waals surface area contributed by atoms with Crippen molar-refractivity contribution in [3.05, 3.63) is 35.4 Å². The lowest BCUT2D eigenvalue weighted by Gasteiger charge is -2.04. The smallest absolute Gasteiger partial charge is 0.150 e. The summed E-state index contributed by atoms with van der Waals surface area (Å²) in [5.74, 6) is 0.781. The minimum absolute atomic E-state index is 0. The van der Waals surface area contributed by atoms with Crippen molar-refractivity contribution in [1.82, 2.24) is 5.32 Å². The van der Waals surface area contributed by atoms with Gasteiger partial charge in [0.05, 0.1) is 0 Å². The van der Waals surface area contributed by atoms with E-state index in [-0.39, 0.29) is 12.4 Å². The first-order valence-electron chi connectivity index (χ1n) is 4.02. The van der Waals surface area contributed by atoms with Gasteiger partial charge in [0.25, 0.3) is 0 Å². The molecule has 0 aromatic heterocycles. The summed E-state index contributed by atoms with van der Waals surface area (Å²) < 4.78 is 0. The molecule has 3 nitrogen and oxygen atoms in total. The maximum atomic E-state index is 10.5. The molecule has 0 aliphatic heterocycles. The van der Waals surface area contributed by atoms with Crippen molar-refractivity contribution in [1.29, 1.82) is 0 Å². The van der Waals surface area contributed by atoms with Crippen LogP contribution in [0.25, 0.3) is 0 Å². The number of rotatable bonds is 2. The second kappa shape index (κ2) is 6.16. The van der Waals surface area contributed by atoms with Gasteiger partial charge in [-0.05, 0) is 6.07 Å². The van der Waals surface area contributed by atoms with E-state index in [1.807, 2.05) is 12.1 Å². The zero-order valence-corrected chi connectivity index (χ0v) is 8.97. The van der Waals surface area contributed by atoms with Crippen LogP contribution in [-0.4, -0.2) is 26.2 Å². The van der Waals surface area contributed by atoms with E-state index in [1.165, 1.54) is 0 Å². The van der Waals surface area contributed by atoms with Crippen LogP contribution in [-0.2, 0) is 0 Å². The summed E-state index contributed by atoms with van der Waals surface area (Å²) in [6.45, 7) is 0. The van der Waals surface area contributed by atoms with E-state index in [0.29, 0.717) is 5.56 Å². The van der Waals surface area contributed by atoms with Crippen molar-refractivity contribution in [3.63, 3.8) is 0 Å². The second-order valence-electron chi connectivity index (χ2n) is 2.57. The van der Waals surface area contributed by atoms with Crippen molar-refractivity contribution in [2.24, 2.45) is 4.99 Å². The normalized spacial score (nSPS) is 10.3. The molecule has 4 heteroatoms. The molecule has 0 atom stereocenters. The highest BCUT2D eigenvalue weighted by molar-refractivity contribution is 5.99. The lowest BCUT2D eigenvalue weighted by molar-refractivity contribution is 0.112. The fraction of sp³-hybridized carbons (Fsp3) is 0.200. The summed E-state index contributed by atoms with van der Waals surface area (Å²) in [7, 11) is 3.51. The first-order chi connectivity index (χ1) is 6.31. The van der Waals surface area contributed by atoms with Gasteiger partial charge in [-0.15, -0.1) is 12.4 Å². The number of aliphatic imine (C=N–C) groups is 1. The highest BCUT2D eigenvalue weighted by Crippen LogP contribution is 2.03. The third kappa shape index (κ3) is 2.85. The fourth-order valence-corrected chi connectivity index (χ4v) is 1.14. The molecular weight excluding hydrogens is 200 g/mol. The molecule has 0 aliphatic rings. The third-order valence-electron chi connectivity index (χ3n) is 1.76. The van der Waals surface area contributed by atoms with Crippen LogP contribution < -0.4 is 5.32 Å². The van der Waals surface area contributed by atoms with Gasteiger partial charge in [-0.1, -0.05) is 18.2 Å². The molecule has 14 heavy (non-hydrogen) atoms. The van der Waals surface area contributed by atoms with Crippen molar-refractivity contribution >= 4 is 24.5 Å². The molecular formula is C10H13ClN2O. The standard InChI is InChI=1S/C10H12N2O.ClH/c1-11-10(12-2)9-5-3-4-8(6-9)7-13;/h3-7H,1-2H3,(H,11,12);1H. The lowest BCUT2D eigenvalue weighted by Crippen LogP contribution is -2.19. The Balaban J connectivity index is 0.00000169. The molecule has 0 heterocycles. The summed E-state index contributed by atoms with van der Waals surface area (Å²) in [4.78, 5) is 14.5. The number of benzene rings is 1. The molecule has 1 rings (SSSR count). The van der Waals surface area contributed by atoms with E-state index in [2.05, 4.69) is 10.3 Å². The Morgan fingerprint density at radius 1 is 1.50 bits per heavy atom. The van der Waals surface area contributed by atoms with Crippen molar-refractivity contribution in [2.45, 2.75) is 0 Å². The second-order valence-corrected chi connectivity index (χ2v) is 2.57. The van der Waals surface area contributed by atoms with Gasteiger partial charge in [-0.2, -0.15) is 0 Å². The van der Waals surface area contributed by atoms with E-state index in [0.717, 1.165) is 17.7 Å². The minimum Gasteiger partial charge on any atom is -0.373 e. The maximum absolute atomic E-state index is 10.5. The van der Waals surface area contributed by atoms with Crippen LogP contribution >= 0.6 is 12.4 Å². The summed E-state index contributed by atoms with van der Waals surface area (Å²) in [5, 5.41) is 2.95. The quantitative estimate of drug-likeness (QED) is 0.459. The van der Waals surface area contributed by atoms with E-state index >= 15 is 0 Å². The molecule has 0 radical (unpaired) electrons. The van der Waals surface area contributed by atoms with E-state index < -0.39 is 0 Å². The highest BCUT2D eigenvalue weighted by Gasteiger charge is 1.99. The van der Waals surface area contributed by atoms with Gasteiger partial charge < -0.3 is 5.32 Å². The van der Waals surface area contributed by atoms with Gasteiger partial charge in [0.1, 0.15) is 12.1 Å². The number of hydrogen-bond acceptors (Lipinski definition) is 2. The number of halogens is 1. The summed E-state index contributed by atoms with van der Waals surface area (Å²) in [6.07, 6.45) is 0.826. The molecule has 1 N–H and O–H groups in total. The van der Waals surface area contributed by atoms with Crippen LogP contribution in [0, 0.1) is 0 Å². The summed E-state index contributed by atoms with van der Waals surface area (Å²) in [5.41, 5.74) is 1.59. The average molecular weight is 213 g/mol. The number of carbonyl (C=O) groups excluding carboxylic acids is 1. The van der Waals surface area contributed by atoms with Gasteiger partial charge in [0.15, 0.2) is 0 Å². The molecule has 76 valence electrons. The van der Waals surface area contributed by atoms with Crippen molar-refractivity contribution in [3.8, 4) is 0 Å². The minimum atomic E-state index is 0. The summed E-state index contributed by atoms with van der Waals surface area (Å²) in [6, 6.07) is 7.30. The van der Waals surface area contributed by atoms with Gasteiger partial charge in [-0.3, -0.25) is 9.79 Å². The van der Waals surface area contributed by atoms with E-state index in [4.69, 9.17) is 0 Å². The SMILES string of the molecule is CN=C(NC)c1cccc(C=O)c1.Cl. The Bertz CT molecular complexity index is 337. The monoisotopic (exact) mass is 212 g/mol. The number of carbonyl (C=O) groups is 1. The number of amidine groups is 1. The molecule has 0 saturated carbocycles. The molecule has 0 fully saturated rings. The molecule has 0 amide bonds. The largest absolute Gasteiger partial charge is 0.373 e. The predicted octanol–water partition coefficient (Wildman–Crippen LogP) is 1.52. The zero-order chi connectivity index (χ0) is 9.68. The number of nitrogens with zero attached hydrogens (tertiary/aromatic N) is 1. The molecule has 0 aliphatic carbocycles. The van der Waals surface area contributed by atoms with E-state index in [9.17, 15) is 4.79 Å². The Labute approximate surface area is 89.7 Å². The number of nitrogens with one attached hydrogen (secondary N) is 1. The average Bonchev–Trinajstić information content (AvgIpc) is 2.20. The van der Waals surface area contributed by atoms with Crippen molar-refractivity contribution < 1.29 is 4.79 Å². The topological polar surface area (TPSA) is 41.5 Å². The van der Waals surface area contributed by atoms with Crippen molar-refractivity contribution in [2.75, 3.05) is 14.1 Å².